The fraction of sp³-hybridized carbons (Fsp3) is 0.350. The lowest BCUT2D eigenvalue weighted by Gasteiger charge is -2.13. The zero-order valence-electron chi connectivity index (χ0n) is 15.9. The van der Waals surface area contributed by atoms with E-state index in [0.717, 1.165) is 23.5 Å². The van der Waals surface area contributed by atoms with E-state index in [2.05, 4.69) is 20.7 Å². The first kappa shape index (κ1) is 18.1. The van der Waals surface area contributed by atoms with Gasteiger partial charge in [0.1, 0.15) is 11.4 Å². The van der Waals surface area contributed by atoms with Crippen LogP contribution in [-0.2, 0) is 6.54 Å². The number of hydrogen-bond donors (Lipinski definition) is 2. The Morgan fingerprint density at radius 3 is 2.96 bits per heavy atom. The number of fused-ring (bicyclic) bond motifs is 2. The number of aromatic nitrogens is 3. The van der Waals surface area contributed by atoms with E-state index in [1.807, 2.05) is 38.1 Å². The Kier molecular flexibility index (Phi) is 5.01. The number of ether oxygens (including phenoxy) is 2. The number of para-hydroxylation sites is 1. The molecule has 0 unspecified atom stereocenters. The van der Waals surface area contributed by atoms with Crippen molar-refractivity contribution < 1.29 is 14.3 Å². The van der Waals surface area contributed by atoms with Crippen LogP contribution in [-0.4, -0.2) is 39.8 Å². The summed E-state index contributed by atoms with van der Waals surface area (Å²) in [5, 5.41) is 10.4. The van der Waals surface area contributed by atoms with Crippen molar-refractivity contribution in [1.29, 1.82) is 0 Å². The fourth-order valence-electron chi connectivity index (χ4n) is 3.05. The summed E-state index contributed by atoms with van der Waals surface area (Å²) in [5.74, 6) is 2.01. The number of rotatable bonds is 5. The van der Waals surface area contributed by atoms with Crippen molar-refractivity contribution in [2.24, 2.45) is 0 Å². The van der Waals surface area contributed by atoms with Crippen LogP contribution in [0.2, 0.25) is 0 Å². The monoisotopic (exact) mass is 381 g/mol. The van der Waals surface area contributed by atoms with Crippen LogP contribution in [0.3, 0.4) is 0 Å². The van der Waals surface area contributed by atoms with Crippen molar-refractivity contribution in [3.8, 4) is 11.5 Å². The third-order valence-electron chi connectivity index (χ3n) is 4.35. The van der Waals surface area contributed by atoms with Gasteiger partial charge in [-0.2, -0.15) is 5.10 Å². The van der Waals surface area contributed by atoms with Crippen molar-refractivity contribution in [3.63, 3.8) is 0 Å². The molecule has 8 heteroatoms. The lowest BCUT2D eigenvalue weighted by molar-refractivity contribution is 0.0944. The van der Waals surface area contributed by atoms with Gasteiger partial charge >= 0.3 is 0 Å². The Morgan fingerprint density at radius 2 is 2.11 bits per heavy atom. The number of carbonyl (C=O) groups excluding carboxylic acids is 1. The van der Waals surface area contributed by atoms with E-state index in [1.54, 1.807) is 10.7 Å². The Bertz CT molecular complexity index is 999. The molecule has 1 aromatic carbocycles. The second-order valence-electron chi connectivity index (χ2n) is 6.92. The number of carbonyl (C=O) groups is 1. The van der Waals surface area contributed by atoms with Gasteiger partial charge in [0, 0.05) is 30.8 Å². The highest BCUT2D eigenvalue weighted by Crippen LogP contribution is 2.33. The lowest BCUT2D eigenvalue weighted by Crippen LogP contribution is -2.30. The van der Waals surface area contributed by atoms with Gasteiger partial charge in [-0.3, -0.25) is 4.79 Å². The fourth-order valence-corrected chi connectivity index (χ4v) is 3.05. The first-order valence-electron chi connectivity index (χ1n) is 9.38. The Morgan fingerprint density at radius 1 is 1.25 bits per heavy atom. The van der Waals surface area contributed by atoms with Crippen LogP contribution < -0.4 is 20.1 Å². The molecular weight excluding hydrogens is 358 g/mol. The van der Waals surface area contributed by atoms with Gasteiger partial charge in [-0.25, -0.2) is 9.50 Å². The molecule has 8 nitrogen and oxygen atoms in total. The maximum Gasteiger partial charge on any atom is 0.256 e. The highest BCUT2D eigenvalue weighted by Gasteiger charge is 2.16. The molecule has 0 spiro atoms. The predicted molar refractivity (Wildman–Crippen MR) is 105 cm³/mol. The summed E-state index contributed by atoms with van der Waals surface area (Å²) in [4.78, 5) is 16.9. The topological polar surface area (TPSA) is 89.8 Å². The molecule has 1 aliphatic rings. The normalized spacial score (nSPS) is 13.4. The molecule has 0 radical (unpaired) electrons. The summed E-state index contributed by atoms with van der Waals surface area (Å²) in [7, 11) is 0. The number of benzene rings is 1. The van der Waals surface area contributed by atoms with Crippen molar-refractivity contribution in [1.82, 2.24) is 19.9 Å². The van der Waals surface area contributed by atoms with Gasteiger partial charge in [0.2, 0.25) is 0 Å². The molecule has 1 aliphatic heterocycles. The SMILES string of the molecule is CC(C)NC(=O)c1cnn2ccc(NCc3cccc4c3OCCCO4)nc12. The highest BCUT2D eigenvalue weighted by atomic mass is 16.5. The van der Waals surface area contributed by atoms with E-state index < -0.39 is 0 Å². The van der Waals surface area contributed by atoms with Crippen LogP contribution in [0.4, 0.5) is 5.82 Å². The summed E-state index contributed by atoms with van der Waals surface area (Å²) < 4.78 is 13.2. The van der Waals surface area contributed by atoms with E-state index in [-0.39, 0.29) is 11.9 Å². The average Bonchev–Trinajstić information content (AvgIpc) is 2.94. The van der Waals surface area contributed by atoms with Gasteiger partial charge in [0.25, 0.3) is 5.91 Å². The molecule has 0 saturated heterocycles. The minimum absolute atomic E-state index is 0.0410. The number of nitrogens with one attached hydrogen (secondary N) is 2. The molecule has 0 atom stereocenters. The van der Waals surface area contributed by atoms with E-state index >= 15 is 0 Å². The first-order chi connectivity index (χ1) is 13.6. The van der Waals surface area contributed by atoms with Gasteiger partial charge < -0.3 is 20.1 Å². The second-order valence-corrected chi connectivity index (χ2v) is 6.92. The predicted octanol–water partition coefficient (Wildman–Crippen LogP) is 2.64. The Balaban J connectivity index is 1.55. The quantitative estimate of drug-likeness (QED) is 0.706. The van der Waals surface area contributed by atoms with Gasteiger partial charge in [-0.15, -0.1) is 0 Å². The first-order valence-corrected chi connectivity index (χ1v) is 9.38. The molecule has 3 heterocycles. The molecule has 2 N–H and O–H groups in total. The van der Waals surface area contributed by atoms with Crippen molar-refractivity contribution in [3.05, 3.63) is 47.8 Å². The van der Waals surface area contributed by atoms with Crippen molar-refractivity contribution >= 4 is 17.4 Å². The van der Waals surface area contributed by atoms with Crippen LogP contribution in [0, 0.1) is 0 Å². The smallest absolute Gasteiger partial charge is 0.256 e. The molecule has 1 amide bonds. The third kappa shape index (κ3) is 3.71. The summed E-state index contributed by atoms with van der Waals surface area (Å²) in [6.07, 6.45) is 4.18. The zero-order chi connectivity index (χ0) is 19.5. The van der Waals surface area contributed by atoms with Crippen LogP contribution in [0.5, 0.6) is 11.5 Å². The molecule has 0 fully saturated rings. The van der Waals surface area contributed by atoms with E-state index in [1.165, 1.54) is 6.20 Å². The van der Waals surface area contributed by atoms with E-state index in [0.29, 0.717) is 36.8 Å². The van der Waals surface area contributed by atoms with Gasteiger partial charge in [-0.05, 0) is 26.0 Å². The summed E-state index contributed by atoms with van der Waals surface area (Å²) in [6.45, 7) is 5.65. The Hall–Kier alpha value is -3.29. The average molecular weight is 381 g/mol. The van der Waals surface area contributed by atoms with Crippen LogP contribution >= 0.6 is 0 Å². The number of hydrogen-bond acceptors (Lipinski definition) is 6. The molecule has 0 saturated carbocycles. The summed E-state index contributed by atoms with van der Waals surface area (Å²) in [5.41, 5.74) is 1.95. The van der Waals surface area contributed by atoms with Crippen LogP contribution in [0.25, 0.3) is 5.65 Å². The van der Waals surface area contributed by atoms with Gasteiger partial charge in [-0.1, -0.05) is 12.1 Å². The molecule has 0 aliphatic carbocycles. The molecule has 4 rings (SSSR count). The highest BCUT2D eigenvalue weighted by molar-refractivity contribution is 5.99. The summed E-state index contributed by atoms with van der Waals surface area (Å²) >= 11 is 0. The third-order valence-corrected chi connectivity index (χ3v) is 4.35. The number of nitrogens with zero attached hydrogens (tertiary/aromatic N) is 3. The molecule has 28 heavy (non-hydrogen) atoms. The van der Waals surface area contributed by atoms with Crippen LogP contribution in [0.15, 0.2) is 36.7 Å². The molecule has 2 aromatic heterocycles. The second kappa shape index (κ2) is 7.75. The number of amides is 1. The van der Waals surface area contributed by atoms with Crippen LogP contribution in [0.1, 0.15) is 36.2 Å². The minimum atomic E-state index is -0.187. The molecule has 3 aromatic rings. The van der Waals surface area contributed by atoms with Gasteiger partial charge in [0.05, 0.1) is 19.4 Å². The van der Waals surface area contributed by atoms with Gasteiger partial charge in [0.15, 0.2) is 17.1 Å². The van der Waals surface area contributed by atoms with E-state index in [9.17, 15) is 4.79 Å². The molecular formula is C20H23N5O3. The Labute approximate surface area is 162 Å². The van der Waals surface area contributed by atoms with Crippen molar-refractivity contribution in [2.45, 2.75) is 32.9 Å². The largest absolute Gasteiger partial charge is 0.490 e. The maximum absolute atomic E-state index is 12.4. The number of anilines is 1. The molecule has 146 valence electrons. The molecule has 0 bridgehead atoms. The van der Waals surface area contributed by atoms with E-state index in [4.69, 9.17) is 9.47 Å². The zero-order valence-corrected chi connectivity index (χ0v) is 15.9. The lowest BCUT2D eigenvalue weighted by atomic mass is 10.2. The maximum atomic E-state index is 12.4. The summed E-state index contributed by atoms with van der Waals surface area (Å²) in [6, 6.07) is 7.73. The van der Waals surface area contributed by atoms with Crippen molar-refractivity contribution in [2.75, 3.05) is 18.5 Å². The minimum Gasteiger partial charge on any atom is -0.490 e. The standard InChI is InChI=1S/C20H23N5O3/c1-13(2)23-20(26)15-12-22-25-8-7-17(24-19(15)25)21-11-14-5-3-6-16-18(14)28-10-4-9-27-16/h3,5-8,12-13H,4,9-11H2,1-2H3,(H,21,24)(H,23,26).